The van der Waals surface area contributed by atoms with Crippen LogP contribution in [0, 0.1) is 6.92 Å². The number of nitrogens with zero attached hydrogens (tertiary/aromatic N) is 1. The number of fused-ring (bicyclic) bond motifs is 1. The molecule has 0 aliphatic heterocycles. The fraction of sp³-hybridized carbons (Fsp3) is 0.500. The van der Waals surface area contributed by atoms with Gasteiger partial charge in [0.2, 0.25) is 0 Å². The first-order valence-electron chi connectivity index (χ1n) is 9.11. The Morgan fingerprint density at radius 3 is 2.46 bits per heavy atom. The summed E-state index contributed by atoms with van der Waals surface area (Å²) in [7, 11) is 0. The van der Waals surface area contributed by atoms with Crippen molar-refractivity contribution in [2.24, 2.45) is 0 Å². The van der Waals surface area contributed by atoms with Gasteiger partial charge in [0.1, 0.15) is 5.75 Å². The molecule has 6 nitrogen and oxygen atoms in total. The molecule has 0 bridgehead atoms. The highest BCUT2D eigenvalue weighted by molar-refractivity contribution is 6.06. The van der Waals surface area contributed by atoms with Gasteiger partial charge in [-0.3, -0.25) is 0 Å². The highest BCUT2D eigenvalue weighted by atomic mass is 16.6. The van der Waals surface area contributed by atoms with E-state index in [0.29, 0.717) is 24.5 Å². The van der Waals surface area contributed by atoms with Crippen molar-refractivity contribution in [2.75, 3.05) is 19.8 Å². The van der Waals surface area contributed by atoms with Crippen molar-refractivity contribution in [3.63, 3.8) is 0 Å². The van der Waals surface area contributed by atoms with E-state index in [0.717, 1.165) is 36.0 Å². The largest absolute Gasteiger partial charge is 0.482 e. The molecule has 0 radical (unpaired) electrons. The molecule has 2 aromatic rings. The van der Waals surface area contributed by atoms with Crippen molar-refractivity contribution in [1.29, 1.82) is 0 Å². The number of carbonyl (C=O) groups is 2. The Labute approximate surface area is 154 Å². The van der Waals surface area contributed by atoms with E-state index in [1.807, 2.05) is 13.0 Å². The Morgan fingerprint density at radius 2 is 1.81 bits per heavy atom. The van der Waals surface area contributed by atoms with Crippen LogP contribution < -0.4 is 4.74 Å². The summed E-state index contributed by atoms with van der Waals surface area (Å²) in [4.78, 5) is 24.0. The van der Waals surface area contributed by atoms with Crippen LogP contribution in [0.4, 0.5) is 0 Å². The summed E-state index contributed by atoms with van der Waals surface area (Å²) in [6.45, 7) is 8.90. The molecule has 0 saturated heterocycles. The second-order valence-corrected chi connectivity index (χ2v) is 5.96. The topological polar surface area (TPSA) is 66.8 Å². The molecule has 2 rings (SSSR count). The molecule has 6 heteroatoms. The molecule has 0 N–H and O–H groups in total. The molecule has 0 aliphatic carbocycles. The summed E-state index contributed by atoms with van der Waals surface area (Å²) in [6, 6.07) is 5.51. The van der Waals surface area contributed by atoms with E-state index in [1.54, 1.807) is 26.0 Å². The van der Waals surface area contributed by atoms with Gasteiger partial charge in [-0.25, -0.2) is 9.59 Å². The van der Waals surface area contributed by atoms with Crippen molar-refractivity contribution in [2.45, 2.75) is 47.1 Å². The van der Waals surface area contributed by atoms with Gasteiger partial charge in [-0.2, -0.15) is 0 Å². The summed E-state index contributed by atoms with van der Waals surface area (Å²) < 4.78 is 17.8. The summed E-state index contributed by atoms with van der Waals surface area (Å²) in [6.07, 6.45) is 2.09. The molecule has 0 spiro atoms. The van der Waals surface area contributed by atoms with Gasteiger partial charge in [-0.05, 0) is 45.4 Å². The number of aryl methyl sites for hydroxylation is 1. The fourth-order valence-corrected chi connectivity index (χ4v) is 2.96. The number of hydrogen-bond donors (Lipinski definition) is 0. The lowest BCUT2D eigenvalue weighted by Crippen LogP contribution is -2.14. The minimum atomic E-state index is -0.421. The lowest BCUT2D eigenvalue weighted by molar-refractivity contribution is -0.145. The van der Waals surface area contributed by atoms with E-state index >= 15 is 0 Å². The van der Waals surface area contributed by atoms with Crippen molar-refractivity contribution in [3.8, 4) is 5.75 Å². The number of rotatable bonds is 9. The van der Waals surface area contributed by atoms with Crippen LogP contribution in [0.5, 0.6) is 5.75 Å². The van der Waals surface area contributed by atoms with Crippen LogP contribution in [-0.4, -0.2) is 36.3 Å². The maximum Gasteiger partial charge on any atom is 0.344 e. The summed E-state index contributed by atoms with van der Waals surface area (Å²) in [5, 5.41) is 0.776. The van der Waals surface area contributed by atoms with Crippen LogP contribution in [-0.2, 0) is 20.8 Å². The van der Waals surface area contributed by atoms with Crippen LogP contribution in [0.2, 0.25) is 0 Å². The van der Waals surface area contributed by atoms with Crippen LogP contribution >= 0.6 is 0 Å². The number of esters is 2. The standard InChI is InChI=1S/C20H27NO5/c1-5-8-11-21-14(4)19(20(23)25-7-3)16-12-15(9-10-17(16)21)26-13-18(22)24-6-2/h9-10,12H,5-8,11,13H2,1-4H3. The Balaban J connectivity index is 2.41. The normalized spacial score (nSPS) is 10.8. The van der Waals surface area contributed by atoms with Crippen molar-refractivity contribution in [3.05, 3.63) is 29.5 Å². The molecule has 0 amide bonds. The van der Waals surface area contributed by atoms with Crippen LogP contribution in [0.15, 0.2) is 18.2 Å². The van der Waals surface area contributed by atoms with Crippen LogP contribution in [0.1, 0.15) is 49.7 Å². The Morgan fingerprint density at radius 1 is 1.08 bits per heavy atom. The van der Waals surface area contributed by atoms with E-state index in [1.165, 1.54) is 0 Å². The van der Waals surface area contributed by atoms with Gasteiger partial charge < -0.3 is 18.8 Å². The second kappa shape index (κ2) is 9.27. The zero-order valence-electron chi connectivity index (χ0n) is 16.0. The van der Waals surface area contributed by atoms with E-state index in [2.05, 4.69) is 11.5 Å². The zero-order valence-corrected chi connectivity index (χ0v) is 16.0. The SMILES string of the molecule is CCCCn1c(C)c(C(=O)OCC)c2cc(OCC(=O)OCC)ccc21. The smallest absolute Gasteiger partial charge is 0.344 e. The first-order chi connectivity index (χ1) is 12.5. The minimum absolute atomic E-state index is 0.163. The van der Waals surface area contributed by atoms with Crippen LogP contribution in [0.25, 0.3) is 10.9 Å². The first kappa shape index (κ1) is 19.8. The molecule has 26 heavy (non-hydrogen) atoms. The average molecular weight is 361 g/mol. The summed E-state index contributed by atoms with van der Waals surface area (Å²) in [5.74, 6) is -0.244. The monoisotopic (exact) mass is 361 g/mol. The molecule has 0 atom stereocenters. The van der Waals surface area contributed by atoms with E-state index in [-0.39, 0.29) is 12.6 Å². The number of benzene rings is 1. The third-order valence-corrected chi connectivity index (χ3v) is 4.17. The summed E-state index contributed by atoms with van der Waals surface area (Å²) >= 11 is 0. The van der Waals surface area contributed by atoms with Gasteiger partial charge in [0.05, 0.1) is 18.8 Å². The molecule has 0 unspecified atom stereocenters. The summed E-state index contributed by atoms with van der Waals surface area (Å²) in [5.41, 5.74) is 2.40. The second-order valence-electron chi connectivity index (χ2n) is 5.96. The van der Waals surface area contributed by atoms with E-state index < -0.39 is 5.97 Å². The predicted molar refractivity (Wildman–Crippen MR) is 99.7 cm³/mol. The lowest BCUT2D eigenvalue weighted by Gasteiger charge is -2.08. The Bertz CT molecular complexity index is 778. The van der Waals surface area contributed by atoms with Crippen LogP contribution in [0.3, 0.4) is 0 Å². The van der Waals surface area contributed by atoms with E-state index in [4.69, 9.17) is 14.2 Å². The molecule has 1 aromatic heterocycles. The third-order valence-electron chi connectivity index (χ3n) is 4.17. The maximum absolute atomic E-state index is 12.5. The highest BCUT2D eigenvalue weighted by Gasteiger charge is 2.21. The molecule has 1 aromatic carbocycles. The number of aromatic nitrogens is 1. The van der Waals surface area contributed by atoms with Crippen molar-refractivity contribution < 1.29 is 23.8 Å². The maximum atomic E-state index is 12.5. The number of unbranched alkanes of at least 4 members (excludes halogenated alkanes) is 1. The average Bonchev–Trinajstić information content (AvgIpc) is 2.89. The minimum Gasteiger partial charge on any atom is -0.482 e. The van der Waals surface area contributed by atoms with Gasteiger partial charge >= 0.3 is 11.9 Å². The first-order valence-corrected chi connectivity index (χ1v) is 9.11. The number of ether oxygens (including phenoxy) is 3. The fourth-order valence-electron chi connectivity index (χ4n) is 2.96. The van der Waals surface area contributed by atoms with Crippen molar-refractivity contribution >= 4 is 22.8 Å². The van der Waals surface area contributed by atoms with Crippen molar-refractivity contribution in [1.82, 2.24) is 4.57 Å². The van der Waals surface area contributed by atoms with Gasteiger partial charge in [-0.15, -0.1) is 0 Å². The Kier molecular flexibility index (Phi) is 7.06. The number of carbonyl (C=O) groups excluding carboxylic acids is 2. The molecular weight excluding hydrogens is 334 g/mol. The predicted octanol–water partition coefficient (Wildman–Crippen LogP) is 3.87. The zero-order chi connectivity index (χ0) is 19.1. The van der Waals surface area contributed by atoms with Gasteiger partial charge in [0.25, 0.3) is 0 Å². The molecule has 1 heterocycles. The van der Waals surface area contributed by atoms with E-state index in [9.17, 15) is 9.59 Å². The van der Waals surface area contributed by atoms with Gasteiger partial charge in [0.15, 0.2) is 6.61 Å². The quantitative estimate of drug-likeness (QED) is 0.634. The number of hydrogen-bond acceptors (Lipinski definition) is 5. The third kappa shape index (κ3) is 4.36. The molecule has 0 saturated carbocycles. The Hall–Kier alpha value is -2.50. The molecule has 142 valence electrons. The lowest BCUT2D eigenvalue weighted by atomic mass is 10.1. The molecule has 0 aliphatic rings. The molecular formula is C20H27NO5. The highest BCUT2D eigenvalue weighted by Crippen LogP contribution is 2.30. The van der Waals surface area contributed by atoms with Gasteiger partial charge in [0, 0.05) is 23.1 Å². The molecule has 0 fully saturated rings. The van der Waals surface area contributed by atoms with Gasteiger partial charge in [-0.1, -0.05) is 13.3 Å².